The van der Waals surface area contributed by atoms with Gasteiger partial charge in [0.15, 0.2) is 0 Å². The van der Waals surface area contributed by atoms with Gasteiger partial charge in [-0.2, -0.15) is 10.4 Å². The molecule has 0 aliphatic carbocycles. The number of amides is 1. The summed E-state index contributed by atoms with van der Waals surface area (Å²) >= 11 is 0. The number of ether oxygens (including phenoxy) is 1. The zero-order chi connectivity index (χ0) is 26.2. The molecule has 0 unspecified atom stereocenters. The number of carbonyl (C=O) groups is 1. The first-order valence-corrected chi connectivity index (χ1v) is 12.7. The first-order valence-electron chi connectivity index (χ1n) is 12.7. The molecule has 1 fully saturated rings. The van der Waals surface area contributed by atoms with Crippen molar-refractivity contribution >= 4 is 11.6 Å². The van der Waals surface area contributed by atoms with Gasteiger partial charge in [0.2, 0.25) is 5.88 Å². The van der Waals surface area contributed by atoms with Crippen molar-refractivity contribution in [3.63, 3.8) is 0 Å². The molecule has 1 amide bonds. The number of pyridine rings is 1. The smallest absolute Gasteiger partial charge is 0.255 e. The number of likely N-dealkylation sites (tertiary alicyclic amines) is 1. The molecule has 10 heteroatoms. The van der Waals surface area contributed by atoms with Crippen LogP contribution in [0.4, 0.5) is 5.69 Å². The average Bonchev–Trinajstić information content (AvgIpc) is 3.31. The van der Waals surface area contributed by atoms with Crippen LogP contribution in [0.25, 0.3) is 11.3 Å². The molecular formula is C27H34N8O2. The van der Waals surface area contributed by atoms with Crippen LogP contribution in [0.5, 0.6) is 5.88 Å². The van der Waals surface area contributed by atoms with Gasteiger partial charge in [0.05, 0.1) is 35.8 Å². The van der Waals surface area contributed by atoms with Crippen molar-refractivity contribution in [2.45, 2.75) is 32.9 Å². The molecule has 0 spiro atoms. The summed E-state index contributed by atoms with van der Waals surface area (Å²) in [5.41, 5.74) is 15.5. The van der Waals surface area contributed by atoms with Crippen LogP contribution in [0.3, 0.4) is 0 Å². The average molecular weight is 503 g/mol. The zero-order valence-electron chi connectivity index (χ0n) is 21.2. The first-order chi connectivity index (χ1) is 18.0. The molecule has 194 valence electrons. The Balaban J connectivity index is 1.31. The molecule has 4 rings (SSSR count). The van der Waals surface area contributed by atoms with E-state index in [4.69, 9.17) is 21.3 Å². The normalized spacial score (nSPS) is 14.3. The van der Waals surface area contributed by atoms with E-state index in [0.717, 1.165) is 49.4 Å². The summed E-state index contributed by atoms with van der Waals surface area (Å²) in [6.07, 6.45) is 3.31. The van der Waals surface area contributed by atoms with E-state index < -0.39 is 0 Å². The molecule has 0 bridgehead atoms. The van der Waals surface area contributed by atoms with Gasteiger partial charge in [-0.3, -0.25) is 14.4 Å². The molecule has 2 aromatic heterocycles. The third-order valence-corrected chi connectivity index (χ3v) is 6.64. The topological polar surface area (TPSA) is 148 Å². The third kappa shape index (κ3) is 6.25. The van der Waals surface area contributed by atoms with Gasteiger partial charge in [0.25, 0.3) is 5.91 Å². The summed E-state index contributed by atoms with van der Waals surface area (Å²) in [5, 5.41) is 17.2. The van der Waals surface area contributed by atoms with Crippen LogP contribution in [0.15, 0.2) is 42.6 Å². The Morgan fingerprint density at radius 3 is 2.70 bits per heavy atom. The largest absolute Gasteiger partial charge is 0.477 e. The van der Waals surface area contributed by atoms with Gasteiger partial charge in [-0.1, -0.05) is 30.3 Å². The number of benzene rings is 1. The van der Waals surface area contributed by atoms with Crippen molar-refractivity contribution in [1.29, 1.82) is 5.26 Å². The van der Waals surface area contributed by atoms with Crippen LogP contribution < -0.4 is 21.5 Å². The number of hydrogen-bond acceptors (Lipinski definition) is 8. The van der Waals surface area contributed by atoms with E-state index in [-0.39, 0.29) is 28.6 Å². The van der Waals surface area contributed by atoms with Gasteiger partial charge in [-0.25, -0.2) is 4.98 Å². The predicted molar refractivity (Wildman–Crippen MR) is 142 cm³/mol. The Morgan fingerprint density at radius 1 is 1.27 bits per heavy atom. The quantitative estimate of drug-likeness (QED) is 0.383. The summed E-state index contributed by atoms with van der Waals surface area (Å²) in [7, 11) is 0. The number of nitrogens with one attached hydrogen (secondary N) is 1. The van der Waals surface area contributed by atoms with E-state index in [0.29, 0.717) is 32.2 Å². The van der Waals surface area contributed by atoms with Crippen molar-refractivity contribution in [2.24, 2.45) is 11.7 Å². The maximum Gasteiger partial charge on any atom is 0.255 e. The lowest BCUT2D eigenvalue weighted by Gasteiger charge is -2.32. The third-order valence-electron chi connectivity index (χ3n) is 6.64. The fourth-order valence-electron chi connectivity index (χ4n) is 4.60. The molecule has 0 saturated carbocycles. The Hall–Kier alpha value is -3.94. The molecular weight excluding hydrogens is 468 g/mol. The lowest BCUT2D eigenvalue weighted by molar-refractivity contribution is 0.0935. The molecule has 1 saturated heterocycles. The number of anilines is 1. The maximum atomic E-state index is 12.8. The van der Waals surface area contributed by atoms with Crippen LogP contribution in [0.2, 0.25) is 0 Å². The van der Waals surface area contributed by atoms with Crippen molar-refractivity contribution in [3.05, 3.63) is 59.4 Å². The Kier molecular flexibility index (Phi) is 8.72. The summed E-state index contributed by atoms with van der Waals surface area (Å²) in [6.45, 7) is 6.59. The standard InChI is InChI=1S/C27H34N8O2/c1-2-37-27-22(15-29)25(30)23(17-32-27)26(36)31-16-19-8-11-34(12-9-19)18-21-14-24(33-35(21)13-10-28)20-6-4-3-5-7-20/h3-7,14,17,19H,2,8-13,16,18,28H2,1H3,(H2,30,32)(H,31,36). The highest BCUT2D eigenvalue weighted by molar-refractivity contribution is 6.00. The molecule has 3 heterocycles. The number of carbonyl (C=O) groups excluding carboxylic acids is 1. The van der Waals surface area contributed by atoms with Gasteiger partial charge in [-0.15, -0.1) is 0 Å². The molecule has 5 N–H and O–H groups in total. The minimum absolute atomic E-state index is 0.0899. The van der Waals surface area contributed by atoms with Gasteiger partial charge in [0, 0.05) is 31.4 Å². The predicted octanol–water partition coefficient (Wildman–Crippen LogP) is 2.40. The zero-order valence-corrected chi connectivity index (χ0v) is 21.2. The second-order valence-corrected chi connectivity index (χ2v) is 9.14. The summed E-state index contributed by atoms with van der Waals surface area (Å²) in [4.78, 5) is 19.3. The molecule has 0 radical (unpaired) electrons. The highest BCUT2D eigenvalue weighted by atomic mass is 16.5. The van der Waals surface area contributed by atoms with Crippen LogP contribution in [-0.4, -0.2) is 58.4 Å². The van der Waals surface area contributed by atoms with E-state index in [1.165, 1.54) is 6.20 Å². The summed E-state index contributed by atoms with van der Waals surface area (Å²) in [6, 6.07) is 14.3. The summed E-state index contributed by atoms with van der Waals surface area (Å²) < 4.78 is 7.35. The molecule has 10 nitrogen and oxygen atoms in total. The van der Waals surface area contributed by atoms with E-state index in [1.54, 1.807) is 6.92 Å². The maximum absolute atomic E-state index is 12.8. The molecule has 1 aliphatic heterocycles. The van der Waals surface area contributed by atoms with Gasteiger partial charge >= 0.3 is 0 Å². The fraction of sp³-hybridized carbons (Fsp3) is 0.407. The lowest BCUT2D eigenvalue weighted by Crippen LogP contribution is -2.38. The summed E-state index contributed by atoms with van der Waals surface area (Å²) in [5.74, 6) is 0.183. The van der Waals surface area contributed by atoms with Crippen LogP contribution in [-0.2, 0) is 13.1 Å². The highest BCUT2D eigenvalue weighted by Gasteiger charge is 2.23. The SMILES string of the molecule is CCOc1ncc(C(=O)NCC2CCN(Cc3cc(-c4ccccc4)nn3CCN)CC2)c(N)c1C#N. The monoisotopic (exact) mass is 502 g/mol. The second-order valence-electron chi connectivity index (χ2n) is 9.14. The van der Waals surface area contributed by atoms with E-state index in [9.17, 15) is 10.1 Å². The van der Waals surface area contributed by atoms with E-state index in [1.807, 2.05) is 29.0 Å². The molecule has 0 atom stereocenters. The number of hydrogen-bond donors (Lipinski definition) is 3. The first kappa shape index (κ1) is 26.1. The Labute approximate surface area is 217 Å². The number of nitrogen functional groups attached to an aromatic ring is 1. The minimum Gasteiger partial charge on any atom is -0.477 e. The fourth-order valence-corrected chi connectivity index (χ4v) is 4.60. The molecule has 1 aliphatic rings. The molecule has 1 aromatic carbocycles. The number of rotatable bonds is 10. The van der Waals surface area contributed by atoms with Crippen molar-refractivity contribution in [3.8, 4) is 23.2 Å². The van der Waals surface area contributed by atoms with Crippen LogP contribution >= 0.6 is 0 Å². The number of nitrogens with zero attached hydrogens (tertiary/aromatic N) is 5. The number of nitriles is 1. The second kappa shape index (κ2) is 12.3. The van der Waals surface area contributed by atoms with Crippen molar-refractivity contribution < 1.29 is 9.53 Å². The number of nitrogens with two attached hydrogens (primary N) is 2. The van der Waals surface area contributed by atoms with Crippen LogP contribution in [0, 0.1) is 17.2 Å². The lowest BCUT2D eigenvalue weighted by atomic mass is 9.96. The van der Waals surface area contributed by atoms with Gasteiger partial charge < -0.3 is 21.5 Å². The minimum atomic E-state index is -0.328. The number of piperidine rings is 1. The number of aromatic nitrogens is 3. The molecule has 3 aromatic rings. The van der Waals surface area contributed by atoms with E-state index in [2.05, 4.69) is 33.4 Å². The van der Waals surface area contributed by atoms with Gasteiger partial charge in [0.1, 0.15) is 11.6 Å². The highest BCUT2D eigenvalue weighted by Crippen LogP contribution is 2.25. The van der Waals surface area contributed by atoms with E-state index >= 15 is 0 Å². The van der Waals surface area contributed by atoms with Gasteiger partial charge in [-0.05, 0) is 44.8 Å². The Morgan fingerprint density at radius 2 is 2.03 bits per heavy atom. The van der Waals surface area contributed by atoms with Crippen molar-refractivity contribution in [2.75, 3.05) is 38.5 Å². The Bertz CT molecular complexity index is 1240. The van der Waals surface area contributed by atoms with Crippen molar-refractivity contribution in [1.82, 2.24) is 25.0 Å². The molecule has 37 heavy (non-hydrogen) atoms. The van der Waals surface area contributed by atoms with Crippen LogP contribution in [0.1, 0.15) is 41.4 Å².